The average molecular weight is 385 g/mol. The van der Waals surface area contributed by atoms with E-state index < -0.39 is 17.6 Å². The molecule has 0 radical (unpaired) electrons. The Bertz CT molecular complexity index is 764. The predicted molar refractivity (Wildman–Crippen MR) is 95.7 cm³/mol. The molecule has 2 rings (SSSR count). The summed E-state index contributed by atoms with van der Waals surface area (Å²) in [6, 6.07) is 12.0. The van der Waals surface area contributed by atoms with E-state index in [9.17, 15) is 18.0 Å². The molecule has 2 aromatic carbocycles. The number of alkyl halides is 3. The third-order valence-electron chi connectivity index (χ3n) is 4.01. The largest absolute Gasteiger partial charge is 0.417 e. The topological polar surface area (TPSA) is 23.6 Å². The SMILES string of the molecule is CCN(Cc1ccccc1Cl)N(CC)C(=O)c1ccccc1C(F)(F)F. The maximum absolute atomic E-state index is 13.3. The predicted octanol–water partition coefficient (Wildman–Crippen LogP) is 5.26. The molecule has 0 bridgehead atoms. The van der Waals surface area contributed by atoms with E-state index in [1.807, 2.05) is 19.1 Å². The highest BCUT2D eigenvalue weighted by molar-refractivity contribution is 6.31. The Kier molecular flexibility index (Phi) is 6.67. The second kappa shape index (κ2) is 8.56. The second-order valence-electron chi connectivity index (χ2n) is 5.64. The molecule has 1 amide bonds. The van der Waals surface area contributed by atoms with Gasteiger partial charge in [-0.2, -0.15) is 13.2 Å². The lowest BCUT2D eigenvalue weighted by atomic mass is 10.1. The average Bonchev–Trinajstić information content (AvgIpc) is 2.62. The van der Waals surface area contributed by atoms with Crippen LogP contribution in [-0.4, -0.2) is 29.0 Å². The van der Waals surface area contributed by atoms with E-state index in [0.29, 0.717) is 18.1 Å². The number of carbonyl (C=O) groups is 1. The molecule has 0 N–H and O–H groups in total. The first-order valence-electron chi connectivity index (χ1n) is 8.25. The van der Waals surface area contributed by atoms with Crippen molar-refractivity contribution < 1.29 is 18.0 Å². The van der Waals surface area contributed by atoms with E-state index in [0.717, 1.165) is 11.6 Å². The summed E-state index contributed by atoms with van der Waals surface area (Å²) in [5.74, 6) is -0.686. The van der Waals surface area contributed by atoms with Gasteiger partial charge in [0.15, 0.2) is 0 Å². The Hall–Kier alpha value is -2.05. The third-order valence-corrected chi connectivity index (χ3v) is 4.38. The van der Waals surface area contributed by atoms with Crippen LogP contribution in [0.15, 0.2) is 48.5 Å². The lowest BCUT2D eigenvalue weighted by Gasteiger charge is -2.34. The first-order chi connectivity index (χ1) is 12.3. The van der Waals surface area contributed by atoms with E-state index in [-0.39, 0.29) is 12.1 Å². The monoisotopic (exact) mass is 384 g/mol. The number of amides is 1. The van der Waals surface area contributed by atoms with Gasteiger partial charge in [0.1, 0.15) is 0 Å². The van der Waals surface area contributed by atoms with Gasteiger partial charge in [-0.15, -0.1) is 0 Å². The smallest absolute Gasteiger partial charge is 0.271 e. The van der Waals surface area contributed by atoms with Crippen LogP contribution in [0.25, 0.3) is 0 Å². The van der Waals surface area contributed by atoms with Gasteiger partial charge in [-0.05, 0) is 30.7 Å². The molecule has 7 heteroatoms. The third kappa shape index (κ3) is 4.56. The summed E-state index contributed by atoms with van der Waals surface area (Å²) in [5.41, 5.74) is -0.497. The van der Waals surface area contributed by atoms with Crippen LogP contribution in [0.3, 0.4) is 0 Å². The van der Waals surface area contributed by atoms with Crippen LogP contribution in [-0.2, 0) is 12.7 Å². The fourth-order valence-corrected chi connectivity index (χ4v) is 2.91. The van der Waals surface area contributed by atoms with Crippen molar-refractivity contribution in [2.24, 2.45) is 0 Å². The number of hydrazine groups is 1. The summed E-state index contributed by atoms with van der Waals surface area (Å²) in [7, 11) is 0. The van der Waals surface area contributed by atoms with Crippen molar-refractivity contribution in [2.45, 2.75) is 26.6 Å². The fraction of sp³-hybridized carbons (Fsp3) is 0.316. The summed E-state index contributed by atoms with van der Waals surface area (Å²) in [4.78, 5) is 12.9. The molecule has 0 atom stereocenters. The normalized spacial score (nSPS) is 11.7. The number of benzene rings is 2. The summed E-state index contributed by atoms with van der Waals surface area (Å²) < 4.78 is 39.8. The highest BCUT2D eigenvalue weighted by Gasteiger charge is 2.36. The van der Waals surface area contributed by atoms with Crippen molar-refractivity contribution in [1.82, 2.24) is 10.0 Å². The highest BCUT2D eigenvalue weighted by atomic mass is 35.5. The van der Waals surface area contributed by atoms with E-state index in [1.54, 1.807) is 24.1 Å². The molecule has 0 saturated carbocycles. The Morgan fingerprint density at radius 3 is 2.19 bits per heavy atom. The van der Waals surface area contributed by atoms with Crippen molar-refractivity contribution in [3.05, 3.63) is 70.2 Å². The molecule has 140 valence electrons. The van der Waals surface area contributed by atoms with Gasteiger partial charge in [0.25, 0.3) is 5.91 Å². The van der Waals surface area contributed by atoms with Gasteiger partial charge in [0.05, 0.1) is 11.1 Å². The maximum atomic E-state index is 13.3. The van der Waals surface area contributed by atoms with E-state index in [4.69, 9.17) is 11.6 Å². The molecule has 0 spiro atoms. The highest BCUT2D eigenvalue weighted by Crippen LogP contribution is 2.32. The molecule has 0 fully saturated rings. The number of nitrogens with zero attached hydrogens (tertiary/aromatic N) is 2. The molecule has 0 heterocycles. The van der Waals surface area contributed by atoms with Crippen LogP contribution < -0.4 is 0 Å². The van der Waals surface area contributed by atoms with Crippen molar-refractivity contribution >= 4 is 17.5 Å². The number of carbonyl (C=O) groups excluding carboxylic acids is 1. The molecule has 0 aliphatic carbocycles. The van der Waals surface area contributed by atoms with Crippen molar-refractivity contribution in [1.29, 1.82) is 0 Å². The molecule has 0 aliphatic heterocycles. The van der Waals surface area contributed by atoms with Gasteiger partial charge in [-0.25, -0.2) is 5.01 Å². The van der Waals surface area contributed by atoms with Crippen LogP contribution in [0.1, 0.15) is 35.3 Å². The molecule has 0 aromatic heterocycles. The zero-order valence-corrected chi connectivity index (χ0v) is 15.3. The summed E-state index contributed by atoms with van der Waals surface area (Å²) in [6.45, 7) is 4.57. The Morgan fingerprint density at radius 1 is 1.00 bits per heavy atom. The summed E-state index contributed by atoms with van der Waals surface area (Å²) in [6.07, 6.45) is -4.59. The molecule has 0 unspecified atom stereocenters. The molecule has 2 aromatic rings. The van der Waals surface area contributed by atoms with E-state index >= 15 is 0 Å². The molecule has 0 aliphatic rings. The van der Waals surface area contributed by atoms with Gasteiger partial charge in [-0.1, -0.05) is 48.9 Å². The van der Waals surface area contributed by atoms with Crippen LogP contribution in [0.4, 0.5) is 13.2 Å². The molecule has 26 heavy (non-hydrogen) atoms. The minimum atomic E-state index is -4.59. The minimum absolute atomic E-state index is 0.239. The van der Waals surface area contributed by atoms with E-state index in [1.165, 1.54) is 23.2 Å². The van der Waals surface area contributed by atoms with Gasteiger partial charge >= 0.3 is 6.18 Å². The van der Waals surface area contributed by atoms with Crippen LogP contribution in [0.2, 0.25) is 5.02 Å². The molecular formula is C19H20ClF3N2O. The Labute approximate surface area is 155 Å². The Morgan fingerprint density at radius 2 is 1.62 bits per heavy atom. The Balaban J connectivity index is 2.34. The van der Waals surface area contributed by atoms with E-state index in [2.05, 4.69) is 0 Å². The lowest BCUT2D eigenvalue weighted by Crippen LogP contribution is -2.46. The summed E-state index contributed by atoms with van der Waals surface area (Å²) in [5, 5.41) is 3.56. The molecule has 0 saturated heterocycles. The summed E-state index contributed by atoms with van der Waals surface area (Å²) >= 11 is 6.18. The van der Waals surface area contributed by atoms with Crippen LogP contribution in [0, 0.1) is 0 Å². The fourth-order valence-electron chi connectivity index (χ4n) is 2.72. The second-order valence-corrected chi connectivity index (χ2v) is 6.04. The maximum Gasteiger partial charge on any atom is 0.417 e. The molecule has 3 nitrogen and oxygen atoms in total. The number of hydrogen-bond donors (Lipinski definition) is 0. The van der Waals surface area contributed by atoms with Crippen LogP contribution >= 0.6 is 11.6 Å². The van der Waals surface area contributed by atoms with Crippen molar-refractivity contribution in [2.75, 3.05) is 13.1 Å². The van der Waals surface area contributed by atoms with Gasteiger partial charge in [0, 0.05) is 24.7 Å². The zero-order valence-electron chi connectivity index (χ0n) is 14.6. The number of halogens is 4. The lowest BCUT2D eigenvalue weighted by molar-refractivity contribution is -0.138. The quantitative estimate of drug-likeness (QED) is 0.634. The first kappa shape index (κ1) is 20.3. The van der Waals surface area contributed by atoms with Gasteiger partial charge in [-0.3, -0.25) is 9.80 Å². The molecular weight excluding hydrogens is 365 g/mol. The van der Waals surface area contributed by atoms with Gasteiger partial charge in [0.2, 0.25) is 0 Å². The first-order valence-corrected chi connectivity index (χ1v) is 8.63. The minimum Gasteiger partial charge on any atom is -0.271 e. The van der Waals surface area contributed by atoms with Crippen molar-refractivity contribution in [3.8, 4) is 0 Å². The van der Waals surface area contributed by atoms with Crippen molar-refractivity contribution in [3.63, 3.8) is 0 Å². The number of rotatable bonds is 6. The number of hydrogen-bond acceptors (Lipinski definition) is 2. The van der Waals surface area contributed by atoms with Crippen LogP contribution in [0.5, 0.6) is 0 Å². The van der Waals surface area contributed by atoms with Gasteiger partial charge < -0.3 is 0 Å². The standard InChI is InChI=1S/C19H20ClF3N2O/c1-3-24(13-14-9-5-8-12-17(14)20)25(4-2)18(26)15-10-6-7-11-16(15)19(21,22)23/h5-12H,3-4,13H2,1-2H3. The zero-order chi connectivity index (χ0) is 19.3.